The molecule has 6 nitrogen and oxygen atoms in total. The minimum Gasteiger partial charge on any atom is -0.337 e. The zero-order valence-corrected chi connectivity index (χ0v) is 17.5. The number of nitrogens with zero attached hydrogens (tertiary/aromatic N) is 4. The maximum atomic E-state index is 13.2. The van der Waals surface area contributed by atoms with E-state index in [0.717, 1.165) is 49.3 Å². The Hall–Kier alpha value is -2.86. The molecule has 3 aliphatic heterocycles. The van der Waals surface area contributed by atoms with Gasteiger partial charge in [0.05, 0.1) is 11.0 Å². The lowest BCUT2D eigenvalue weighted by Crippen LogP contribution is -2.62. The first-order valence-electron chi connectivity index (χ1n) is 11.0. The Kier molecular flexibility index (Phi) is 5.17. The van der Waals surface area contributed by atoms with E-state index in [1.807, 2.05) is 30.3 Å². The van der Waals surface area contributed by atoms with Gasteiger partial charge < -0.3 is 10.2 Å². The number of piperidine rings is 2. The number of benzene rings is 2. The number of aromatic nitrogens is 2. The quantitative estimate of drug-likeness (QED) is 0.663. The lowest BCUT2D eigenvalue weighted by Gasteiger charge is -2.50. The van der Waals surface area contributed by atoms with Gasteiger partial charge in [0.25, 0.3) is 0 Å². The van der Waals surface area contributed by atoms with Gasteiger partial charge in [-0.2, -0.15) is 0 Å². The number of hydrogen-bond donors (Lipinski definition) is 1. The molecule has 3 fully saturated rings. The maximum absolute atomic E-state index is 13.2. The highest BCUT2D eigenvalue weighted by molar-refractivity contribution is 5.93. The number of anilines is 1. The Balaban J connectivity index is 1.35. The first-order valence-corrected chi connectivity index (χ1v) is 11.0. The number of amides is 1. The fourth-order valence-electron chi connectivity index (χ4n) is 4.90. The largest absolute Gasteiger partial charge is 0.337 e. The number of imidazole rings is 1. The molecule has 1 aromatic heterocycles. The number of rotatable bonds is 5. The average Bonchev–Trinajstić information content (AvgIpc) is 3.17. The van der Waals surface area contributed by atoms with Crippen LogP contribution in [0.2, 0.25) is 0 Å². The second-order valence-corrected chi connectivity index (χ2v) is 8.53. The van der Waals surface area contributed by atoms with Gasteiger partial charge in [0.2, 0.25) is 5.95 Å². The molecule has 0 aliphatic carbocycles. The number of nitrogens with one attached hydrogen (secondary N) is 1. The average molecular weight is 404 g/mol. The van der Waals surface area contributed by atoms with E-state index in [-0.39, 0.29) is 6.03 Å². The van der Waals surface area contributed by atoms with Crippen molar-refractivity contribution in [3.8, 4) is 0 Å². The minimum atomic E-state index is -0.0819. The van der Waals surface area contributed by atoms with Gasteiger partial charge in [0.1, 0.15) is 0 Å². The van der Waals surface area contributed by atoms with Gasteiger partial charge in [0.15, 0.2) is 0 Å². The predicted molar refractivity (Wildman–Crippen MR) is 120 cm³/mol. The summed E-state index contributed by atoms with van der Waals surface area (Å²) >= 11 is 0. The monoisotopic (exact) mass is 403 g/mol. The molecule has 2 bridgehead atoms. The maximum Gasteiger partial charge on any atom is 0.328 e. The van der Waals surface area contributed by atoms with Crippen LogP contribution in [0.3, 0.4) is 0 Å². The van der Waals surface area contributed by atoms with Crippen molar-refractivity contribution in [1.82, 2.24) is 19.8 Å². The Morgan fingerprint density at radius 1 is 1.03 bits per heavy atom. The normalized spacial score (nSPS) is 21.3. The third-order valence-corrected chi connectivity index (χ3v) is 6.57. The summed E-state index contributed by atoms with van der Waals surface area (Å²) in [5.41, 5.74) is 3.05. The van der Waals surface area contributed by atoms with Crippen molar-refractivity contribution in [2.24, 2.45) is 0 Å². The summed E-state index contributed by atoms with van der Waals surface area (Å²) in [6.07, 6.45) is 4.26. The smallest absolute Gasteiger partial charge is 0.328 e. The zero-order chi connectivity index (χ0) is 20.5. The number of aryl methyl sites for hydroxylation is 1. The van der Waals surface area contributed by atoms with E-state index in [4.69, 9.17) is 4.98 Å². The lowest BCUT2D eigenvalue weighted by atomic mass is 9.92. The number of fused-ring (bicyclic) bond motifs is 4. The molecule has 2 atom stereocenters. The summed E-state index contributed by atoms with van der Waals surface area (Å²) < 4.78 is 1.79. The van der Waals surface area contributed by atoms with Gasteiger partial charge in [-0.1, -0.05) is 42.5 Å². The summed E-state index contributed by atoms with van der Waals surface area (Å²) in [6, 6.07) is 19.2. The Bertz CT molecular complexity index is 1030. The molecule has 2 aromatic carbocycles. The first kappa shape index (κ1) is 19.1. The van der Waals surface area contributed by atoms with Crippen molar-refractivity contribution < 1.29 is 4.79 Å². The van der Waals surface area contributed by atoms with Crippen LogP contribution in [-0.2, 0) is 6.42 Å². The molecule has 3 saturated heterocycles. The second kappa shape index (κ2) is 8.11. The minimum absolute atomic E-state index is 0.0819. The standard InChI is InChI=1S/C24H29N5O/c1-27-16-20-14-13-19(27)17-28(20)23-26-21-11-5-6-12-22(21)29(23)24(30)25-15-7-10-18-8-3-2-4-9-18/h2-6,8-9,11-12,19-20H,7,10,13-17H2,1H3,(H,25,30). The van der Waals surface area contributed by atoms with Crippen LogP contribution in [0.1, 0.15) is 24.8 Å². The van der Waals surface area contributed by atoms with E-state index < -0.39 is 0 Å². The van der Waals surface area contributed by atoms with E-state index in [2.05, 4.69) is 46.4 Å². The van der Waals surface area contributed by atoms with E-state index in [1.165, 1.54) is 12.0 Å². The van der Waals surface area contributed by atoms with Gasteiger partial charge in [-0.25, -0.2) is 14.3 Å². The number of carbonyl (C=O) groups is 1. The Morgan fingerprint density at radius 2 is 1.80 bits per heavy atom. The van der Waals surface area contributed by atoms with Crippen LogP contribution in [0, 0.1) is 0 Å². The summed E-state index contributed by atoms with van der Waals surface area (Å²) in [7, 11) is 2.20. The van der Waals surface area contributed by atoms with Gasteiger partial charge >= 0.3 is 6.03 Å². The number of para-hydroxylation sites is 2. The van der Waals surface area contributed by atoms with Crippen LogP contribution < -0.4 is 10.2 Å². The summed E-state index contributed by atoms with van der Waals surface area (Å²) in [4.78, 5) is 22.9. The Morgan fingerprint density at radius 3 is 2.57 bits per heavy atom. The molecular formula is C24H29N5O. The van der Waals surface area contributed by atoms with Gasteiger partial charge in [-0.15, -0.1) is 0 Å². The van der Waals surface area contributed by atoms with Gasteiger partial charge in [0, 0.05) is 31.7 Å². The van der Waals surface area contributed by atoms with Crippen LogP contribution in [0.15, 0.2) is 54.6 Å². The van der Waals surface area contributed by atoms with Gasteiger partial charge in [-0.05, 0) is 50.4 Å². The highest BCUT2D eigenvalue weighted by Gasteiger charge is 2.39. The SMILES string of the molecule is CN1CC2CCC1CN2c1nc2ccccc2n1C(=O)NCCCc1ccccc1. The molecule has 6 heteroatoms. The van der Waals surface area contributed by atoms with E-state index >= 15 is 0 Å². The van der Waals surface area contributed by atoms with Gasteiger partial charge in [-0.3, -0.25) is 4.90 Å². The molecular weight excluding hydrogens is 374 g/mol. The molecule has 0 spiro atoms. The molecule has 0 saturated carbocycles. The molecule has 1 N–H and O–H groups in total. The molecule has 30 heavy (non-hydrogen) atoms. The highest BCUT2D eigenvalue weighted by atomic mass is 16.2. The number of likely N-dealkylation sites (N-methyl/N-ethyl adjacent to an activating group) is 1. The van der Waals surface area contributed by atoms with Crippen LogP contribution in [-0.4, -0.2) is 59.2 Å². The topological polar surface area (TPSA) is 53.4 Å². The first-order chi connectivity index (χ1) is 14.7. The van der Waals surface area contributed by atoms with Crippen molar-refractivity contribution in [3.63, 3.8) is 0 Å². The fourth-order valence-corrected chi connectivity index (χ4v) is 4.90. The molecule has 156 valence electrons. The molecule has 3 aliphatic rings. The van der Waals surface area contributed by atoms with Crippen LogP contribution in [0.5, 0.6) is 0 Å². The van der Waals surface area contributed by atoms with Crippen molar-refractivity contribution >= 4 is 23.0 Å². The summed E-state index contributed by atoms with van der Waals surface area (Å²) in [5.74, 6) is 0.791. The van der Waals surface area contributed by atoms with Crippen LogP contribution >= 0.6 is 0 Å². The Labute approximate surface area is 177 Å². The van der Waals surface area contributed by atoms with Crippen molar-refractivity contribution in [1.29, 1.82) is 0 Å². The van der Waals surface area contributed by atoms with Crippen molar-refractivity contribution in [2.45, 2.75) is 37.8 Å². The van der Waals surface area contributed by atoms with Crippen molar-refractivity contribution in [2.75, 3.05) is 31.6 Å². The summed E-state index contributed by atoms with van der Waals surface area (Å²) in [5, 5.41) is 3.13. The van der Waals surface area contributed by atoms with E-state index in [0.29, 0.717) is 18.6 Å². The molecule has 0 radical (unpaired) electrons. The zero-order valence-electron chi connectivity index (χ0n) is 17.5. The molecule has 6 rings (SSSR count). The number of piperazine rings is 1. The lowest BCUT2D eigenvalue weighted by molar-refractivity contribution is 0.123. The number of hydrogen-bond acceptors (Lipinski definition) is 4. The van der Waals surface area contributed by atoms with E-state index in [1.54, 1.807) is 4.57 Å². The number of carbonyl (C=O) groups excluding carboxylic acids is 1. The third kappa shape index (κ3) is 3.56. The molecule has 1 amide bonds. The third-order valence-electron chi connectivity index (χ3n) is 6.57. The molecule has 2 unspecified atom stereocenters. The molecule has 3 aromatic rings. The summed E-state index contributed by atoms with van der Waals surface area (Å²) in [6.45, 7) is 2.62. The molecule has 4 heterocycles. The fraction of sp³-hybridized carbons (Fsp3) is 0.417. The van der Waals surface area contributed by atoms with E-state index in [9.17, 15) is 4.79 Å². The van der Waals surface area contributed by atoms with Crippen LogP contribution in [0.4, 0.5) is 10.7 Å². The second-order valence-electron chi connectivity index (χ2n) is 8.53. The highest BCUT2D eigenvalue weighted by Crippen LogP contribution is 2.33. The van der Waals surface area contributed by atoms with Crippen LogP contribution in [0.25, 0.3) is 11.0 Å². The predicted octanol–water partition coefficient (Wildman–Crippen LogP) is 3.51. The van der Waals surface area contributed by atoms with Crippen molar-refractivity contribution in [3.05, 3.63) is 60.2 Å².